The molecule has 3 N–H and O–H groups in total. The Bertz CT molecular complexity index is 531. The fraction of sp³-hybridized carbons (Fsp3) is 0.615. The summed E-state index contributed by atoms with van der Waals surface area (Å²) >= 11 is 0. The second-order valence-corrected chi connectivity index (χ2v) is 5.52. The summed E-state index contributed by atoms with van der Waals surface area (Å²) < 4.78 is 0. The van der Waals surface area contributed by atoms with Crippen LogP contribution in [0.1, 0.15) is 16.2 Å². The van der Waals surface area contributed by atoms with Gasteiger partial charge in [-0.15, -0.1) is 0 Å². The number of aryl methyl sites for hydroxylation is 1. The Labute approximate surface area is 123 Å². The first-order valence-corrected chi connectivity index (χ1v) is 6.92. The zero-order valence-electron chi connectivity index (χ0n) is 12.7. The highest BCUT2D eigenvalue weighted by atomic mass is 16.2. The average molecular weight is 294 g/mol. The SMILES string of the molecule is Cc1[nH]nc(C(=O)N2CCN(C(=O)CN(C)C)CC2)c1N. The quantitative estimate of drug-likeness (QED) is 0.756. The first-order chi connectivity index (χ1) is 9.90. The van der Waals surface area contributed by atoms with Gasteiger partial charge in [0, 0.05) is 26.2 Å². The third-order valence-electron chi connectivity index (χ3n) is 3.57. The molecule has 1 fully saturated rings. The van der Waals surface area contributed by atoms with E-state index < -0.39 is 0 Å². The number of nitrogens with two attached hydrogens (primary N) is 1. The summed E-state index contributed by atoms with van der Waals surface area (Å²) in [5.41, 5.74) is 7.18. The van der Waals surface area contributed by atoms with E-state index in [-0.39, 0.29) is 17.5 Å². The van der Waals surface area contributed by atoms with Crippen molar-refractivity contribution in [2.75, 3.05) is 52.6 Å². The Kier molecular flexibility index (Phi) is 4.46. The Morgan fingerprint density at radius 2 is 1.81 bits per heavy atom. The fourth-order valence-corrected chi connectivity index (χ4v) is 2.28. The summed E-state index contributed by atoms with van der Waals surface area (Å²) in [4.78, 5) is 29.6. The largest absolute Gasteiger partial charge is 0.395 e. The minimum atomic E-state index is -0.184. The molecule has 1 aliphatic heterocycles. The number of carbonyl (C=O) groups excluding carboxylic acids is 2. The summed E-state index contributed by atoms with van der Waals surface area (Å²) in [6, 6.07) is 0. The van der Waals surface area contributed by atoms with Crippen LogP contribution in [0.25, 0.3) is 0 Å². The second kappa shape index (κ2) is 6.13. The first-order valence-electron chi connectivity index (χ1n) is 6.92. The number of amides is 2. The summed E-state index contributed by atoms with van der Waals surface area (Å²) in [7, 11) is 3.72. The minimum absolute atomic E-state index is 0.0854. The van der Waals surface area contributed by atoms with Crippen LogP contribution in [-0.2, 0) is 4.79 Å². The molecule has 8 nitrogen and oxygen atoms in total. The number of likely N-dealkylation sites (N-methyl/N-ethyl adjacent to an activating group) is 1. The molecule has 2 heterocycles. The van der Waals surface area contributed by atoms with E-state index in [0.717, 1.165) is 0 Å². The third kappa shape index (κ3) is 3.33. The number of nitrogen functional groups attached to an aromatic ring is 1. The van der Waals surface area contributed by atoms with E-state index in [2.05, 4.69) is 10.2 Å². The van der Waals surface area contributed by atoms with Crippen LogP contribution in [-0.4, -0.2) is 83.5 Å². The van der Waals surface area contributed by atoms with Crippen LogP contribution in [0.4, 0.5) is 5.69 Å². The molecule has 8 heteroatoms. The maximum absolute atomic E-state index is 12.3. The number of hydrogen-bond acceptors (Lipinski definition) is 5. The fourth-order valence-electron chi connectivity index (χ4n) is 2.28. The predicted octanol–water partition coefficient (Wildman–Crippen LogP) is -0.854. The Balaban J connectivity index is 1.93. The van der Waals surface area contributed by atoms with Gasteiger partial charge in [0.15, 0.2) is 5.69 Å². The number of piperazine rings is 1. The van der Waals surface area contributed by atoms with Gasteiger partial charge in [0.05, 0.1) is 17.9 Å². The van der Waals surface area contributed by atoms with E-state index in [9.17, 15) is 9.59 Å². The van der Waals surface area contributed by atoms with Crippen molar-refractivity contribution in [1.29, 1.82) is 0 Å². The zero-order chi connectivity index (χ0) is 15.6. The van der Waals surface area contributed by atoms with Gasteiger partial charge in [0.25, 0.3) is 5.91 Å². The number of anilines is 1. The number of carbonyl (C=O) groups is 2. The molecule has 0 radical (unpaired) electrons. The third-order valence-corrected chi connectivity index (χ3v) is 3.57. The molecule has 0 bridgehead atoms. The van der Waals surface area contributed by atoms with Crippen molar-refractivity contribution in [2.24, 2.45) is 0 Å². The lowest BCUT2D eigenvalue weighted by Gasteiger charge is -2.35. The van der Waals surface area contributed by atoms with E-state index >= 15 is 0 Å². The molecule has 0 spiro atoms. The maximum Gasteiger partial charge on any atom is 0.276 e. The molecule has 2 rings (SSSR count). The summed E-state index contributed by atoms with van der Waals surface area (Å²) in [6.07, 6.45) is 0. The molecule has 116 valence electrons. The lowest BCUT2D eigenvalue weighted by molar-refractivity contribution is -0.133. The van der Waals surface area contributed by atoms with E-state index in [0.29, 0.717) is 44.1 Å². The highest BCUT2D eigenvalue weighted by Crippen LogP contribution is 2.16. The molecule has 1 aromatic heterocycles. The summed E-state index contributed by atoms with van der Waals surface area (Å²) in [5.74, 6) is -0.0983. The first kappa shape index (κ1) is 15.3. The molecule has 1 aliphatic rings. The van der Waals surface area contributed by atoms with Crippen molar-refractivity contribution in [3.8, 4) is 0 Å². The van der Waals surface area contributed by atoms with Gasteiger partial charge in [-0.05, 0) is 21.0 Å². The molecule has 1 aromatic rings. The smallest absolute Gasteiger partial charge is 0.276 e. The molecule has 0 aliphatic carbocycles. The molecule has 0 saturated carbocycles. The predicted molar refractivity (Wildman–Crippen MR) is 78.8 cm³/mol. The highest BCUT2D eigenvalue weighted by molar-refractivity contribution is 5.97. The topological polar surface area (TPSA) is 98.6 Å². The standard InChI is InChI=1S/C13H22N6O2/c1-9-11(14)12(16-15-9)13(21)19-6-4-18(5-7-19)10(20)8-17(2)3/h4-8,14H2,1-3H3,(H,15,16). The van der Waals surface area contributed by atoms with Gasteiger partial charge in [-0.2, -0.15) is 5.10 Å². The molecular formula is C13H22N6O2. The van der Waals surface area contributed by atoms with E-state index in [1.165, 1.54) is 0 Å². The van der Waals surface area contributed by atoms with E-state index in [1.807, 2.05) is 19.0 Å². The van der Waals surface area contributed by atoms with Crippen molar-refractivity contribution in [1.82, 2.24) is 24.9 Å². The Morgan fingerprint density at radius 1 is 1.24 bits per heavy atom. The molecule has 21 heavy (non-hydrogen) atoms. The normalized spacial score (nSPS) is 15.6. The Hall–Kier alpha value is -2.09. The molecule has 0 aromatic carbocycles. The number of aromatic nitrogens is 2. The Morgan fingerprint density at radius 3 is 2.29 bits per heavy atom. The zero-order valence-corrected chi connectivity index (χ0v) is 12.7. The number of aromatic amines is 1. The van der Waals surface area contributed by atoms with Crippen LogP contribution in [0.15, 0.2) is 0 Å². The monoisotopic (exact) mass is 294 g/mol. The summed E-state index contributed by atoms with van der Waals surface area (Å²) in [5, 5.41) is 6.67. The second-order valence-electron chi connectivity index (χ2n) is 5.52. The number of rotatable bonds is 3. The van der Waals surface area contributed by atoms with Gasteiger partial charge in [-0.1, -0.05) is 0 Å². The lowest BCUT2D eigenvalue weighted by Crippen LogP contribution is -2.52. The molecule has 0 unspecified atom stereocenters. The maximum atomic E-state index is 12.3. The van der Waals surface area contributed by atoms with Crippen molar-refractivity contribution < 1.29 is 9.59 Å². The molecule has 1 saturated heterocycles. The van der Waals surface area contributed by atoms with E-state index in [1.54, 1.807) is 16.7 Å². The van der Waals surface area contributed by atoms with Crippen LogP contribution >= 0.6 is 0 Å². The number of nitrogens with one attached hydrogen (secondary N) is 1. The number of nitrogens with zero attached hydrogens (tertiary/aromatic N) is 4. The van der Waals surface area contributed by atoms with Gasteiger partial charge in [0.1, 0.15) is 0 Å². The molecule has 2 amide bonds. The van der Waals surface area contributed by atoms with Gasteiger partial charge in [0.2, 0.25) is 5.91 Å². The van der Waals surface area contributed by atoms with Crippen LogP contribution in [0.2, 0.25) is 0 Å². The van der Waals surface area contributed by atoms with Crippen LogP contribution in [0.3, 0.4) is 0 Å². The van der Waals surface area contributed by atoms with Crippen LogP contribution < -0.4 is 5.73 Å². The van der Waals surface area contributed by atoms with E-state index in [4.69, 9.17) is 5.73 Å². The minimum Gasteiger partial charge on any atom is -0.395 e. The highest BCUT2D eigenvalue weighted by Gasteiger charge is 2.27. The van der Waals surface area contributed by atoms with Crippen molar-refractivity contribution >= 4 is 17.5 Å². The summed E-state index contributed by atoms with van der Waals surface area (Å²) in [6.45, 7) is 4.26. The van der Waals surface area contributed by atoms with Crippen molar-refractivity contribution in [3.05, 3.63) is 11.4 Å². The van der Waals surface area contributed by atoms with Gasteiger partial charge in [-0.25, -0.2) is 0 Å². The molecule has 0 atom stereocenters. The number of H-pyrrole nitrogens is 1. The molecular weight excluding hydrogens is 272 g/mol. The number of hydrogen-bond donors (Lipinski definition) is 2. The van der Waals surface area contributed by atoms with Crippen LogP contribution in [0, 0.1) is 6.92 Å². The van der Waals surface area contributed by atoms with Crippen molar-refractivity contribution in [2.45, 2.75) is 6.92 Å². The van der Waals surface area contributed by atoms with Crippen molar-refractivity contribution in [3.63, 3.8) is 0 Å². The van der Waals surface area contributed by atoms with Crippen LogP contribution in [0.5, 0.6) is 0 Å². The average Bonchev–Trinajstić information content (AvgIpc) is 2.78. The van der Waals surface area contributed by atoms with Gasteiger partial charge in [-0.3, -0.25) is 14.7 Å². The van der Waals surface area contributed by atoms with Gasteiger partial charge >= 0.3 is 0 Å². The van der Waals surface area contributed by atoms with Gasteiger partial charge < -0.3 is 20.4 Å². The lowest BCUT2D eigenvalue weighted by atomic mass is 10.2.